The summed E-state index contributed by atoms with van der Waals surface area (Å²) in [6.45, 7) is 9.75. The molecule has 1 aromatic carbocycles. The Morgan fingerprint density at radius 2 is 2.24 bits per heavy atom. The zero-order valence-electron chi connectivity index (χ0n) is 13.4. The Labute approximate surface area is 127 Å². The summed E-state index contributed by atoms with van der Waals surface area (Å²) in [7, 11) is 0. The number of aryl methyl sites for hydroxylation is 1. The van der Waals surface area contributed by atoms with Gasteiger partial charge in [0.2, 0.25) is 5.91 Å². The van der Waals surface area contributed by atoms with Crippen LogP contribution >= 0.6 is 0 Å². The van der Waals surface area contributed by atoms with E-state index in [4.69, 9.17) is 5.73 Å². The number of carbonyl (C=O) groups excluding carboxylic acids is 1. The monoisotopic (exact) mass is 289 g/mol. The Hall–Kier alpha value is -1.55. The molecule has 1 aromatic rings. The molecule has 2 rings (SSSR count). The van der Waals surface area contributed by atoms with E-state index >= 15 is 0 Å². The van der Waals surface area contributed by atoms with E-state index in [0.29, 0.717) is 6.54 Å². The maximum Gasteiger partial charge on any atom is 0.225 e. The highest BCUT2D eigenvalue weighted by Crippen LogP contribution is 2.34. The van der Waals surface area contributed by atoms with Gasteiger partial charge >= 0.3 is 0 Å². The molecule has 0 radical (unpaired) electrons. The van der Waals surface area contributed by atoms with Crippen LogP contribution in [0.25, 0.3) is 0 Å². The highest BCUT2D eigenvalue weighted by atomic mass is 16.1. The van der Waals surface area contributed by atoms with E-state index in [1.54, 1.807) is 0 Å². The van der Waals surface area contributed by atoms with Crippen LogP contribution in [0.2, 0.25) is 0 Å². The van der Waals surface area contributed by atoms with Crippen LogP contribution in [0.1, 0.15) is 37.8 Å². The number of hydrogen-bond donors (Lipinski definition) is 2. The number of nitrogens with zero attached hydrogens (tertiary/aromatic N) is 1. The van der Waals surface area contributed by atoms with Crippen LogP contribution in [0.3, 0.4) is 0 Å². The first-order chi connectivity index (χ1) is 9.96. The third-order valence-electron chi connectivity index (χ3n) is 4.39. The molecule has 0 aromatic heterocycles. The molecule has 1 fully saturated rings. The molecule has 1 unspecified atom stereocenters. The highest BCUT2D eigenvalue weighted by molar-refractivity contribution is 5.82. The molecule has 1 saturated heterocycles. The smallest absolute Gasteiger partial charge is 0.225 e. The number of nitrogens with one attached hydrogen (secondary N) is 1. The second-order valence-corrected chi connectivity index (χ2v) is 6.41. The van der Waals surface area contributed by atoms with Crippen LogP contribution in [0, 0.1) is 12.3 Å². The third-order valence-corrected chi connectivity index (χ3v) is 4.39. The van der Waals surface area contributed by atoms with Gasteiger partial charge in [0.05, 0.1) is 5.41 Å². The molecule has 0 bridgehead atoms. The second kappa shape index (κ2) is 6.48. The van der Waals surface area contributed by atoms with Crippen molar-refractivity contribution in [2.45, 2.75) is 40.2 Å². The molecule has 4 nitrogen and oxygen atoms in total. The lowest BCUT2D eigenvalue weighted by Crippen LogP contribution is -2.37. The average Bonchev–Trinajstić information content (AvgIpc) is 2.83. The quantitative estimate of drug-likeness (QED) is 0.789. The molecular weight excluding hydrogens is 262 g/mol. The van der Waals surface area contributed by atoms with Gasteiger partial charge in [0, 0.05) is 25.3 Å². The molecule has 0 saturated carbocycles. The lowest BCUT2D eigenvalue weighted by molar-refractivity contribution is -0.125. The topological polar surface area (TPSA) is 58.4 Å². The third kappa shape index (κ3) is 3.56. The van der Waals surface area contributed by atoms with Crippen molar-refractivity contribution in [2.24, 2.45) is 11.1 Å². The SMILES string of the molecule is CCCNCc1cc(C)ccc1N1CCC(C)(C(N)=O)C1. The minimum absolute atomic E-state index is 0.192. The first-order valence-corrected chi connectivity index (χ1v) is 7.81. The number of carbonyl (C=O) groups is 1. The minimum Gasteiger partial charge on any atom is -0.370 e. The molecule has 1 amide bonds. The molecule has 0 aliphatic carbocycles. The molecule has 1 heterocycles. The molecule has 4 heteroatoms. The van der Waals surface area contributed by atoms with E-state index in [9.17, 15) is 4.79 Å². The van der Waals surface area contributed by atoms with Gasteiger partial charge in [-0.15, -0.1) is 0 Å². The highest BCUT2D eigenvalue weighted by Gasteiger charge is 2.39. The summed E-state index contributed by atoms with van der Waals surface area (Å²) >= 11 is 0. The van der Waals surface area contributed by atoms with E-state index in [1.807, 2.05) is 6.92 Å². The molecular formula is C17H27N3O. The second-order valence-electron chi connectivity index (χ2n) is 6.41. The van der Waals surface area contributed by atoms with E-state index in [-0.39, 0.29) is 5.91 Å². The van der Waals surface area contributed by atoms with Crippen molar-refractivity contribution >= 4 is 11.6 Å². The number of rotatable bonds is 6. The Kier molecular flexibility index (Phi) is 4.88. The summed E-state index contributed by atoms with van der Waals surface area (Å²) in [5, 5.41) is 3.47. The molecule has 1 aliphatic rings. The number of nitrogens with two attached hydrogens (primary N) is 1. The first-order valence-electron chi connectivity index (χ1n) is 7.81. The van der Waals surface area contributed by atoms with Crippen LogP contribution in [0.15, 0.2) is 18.2 Å². The van der Waals surface area contributed by atoms with Crippen LogP contribution in [-0.4, -0.2) is 25.5 Å². The van der Waals surface area contributed by atoms with Crippen LogP contribution < -0.4 is 16.0 Å². The fourth-order valence-corrected chi connectivity index (χ4v) is 2.93. The van der Waals surface area contributed by atoms with Gasteiger partial charge in [-0.2, -0.15) is 0 Å². The summed E-state index contributed by atoms with van der Waals surface area (Å²) < 4.78 is 0. The van der Waals surface area contributed by atoms with Gasteiger partial charge in [-0.05, 0) is 44.9 Å². The Morgan fingerprint density at radius 1 is 1.48 bits per heavy atom. The van der Waals surface area contributed by atoms with Gasteiger partial charge in [0.15, 0.2) is 0 Å². The lowest BCUT2D eigenvalue weighted by atomic mass is 9.89. The summed E-state index contributed by atoms with van der Waals surface area (Å²) in [5.74, 6) is -0.192. The molecule has 0 spiro atoms. The van der Waals surface area contributed by atoms with Crippen LogP contribution in [0.4, 0.5) is 5.69 Å². The average molecular weight is 289 g/mol. The zero-order chi connectivity index (χ0) is 15.5. The van der Waals surface area contributed by atoms with Crippen molar-refractivity contribution in [3.05, 3.63) is 29.3 Å². The van der Waals surface area contributed by atoms with Gasteiger partial charge in [0.25, 0.3) is 0 Å². The van der Waals surface area contributed by atoms with Gasteiger partial charge in [0.1, 0.15) is 0 Å². The maximum atomic E-state index is 11.6. The summed E-state index contributed by atoms with van der Waals surface area (Å²) in [6, 6.07) is 6.54. The molecule has 1 atom stereocenters. The Bertz CT molecular complexity index is 515. The van der Waals surface area contributed by atoms with E-state index < -0.39 is 5.41 Å². The van der Waals surface area contributed by atoms with Crippen molar-refractivity contribution in [1.29, 1.82) is 0 Å². The van der Waals surface area contributed by atoms with Gasteiger partial charge < -0.3 is 16.0 Å². The normalized spacial score (nSPS) is 21.8. The predicted octanol–water partition coefficient (Wildman–Crippen LogP) is 2.20. The fraction of sp³-hybridized carbons (Fsp3) is 0.588. The number of primary amides is 1. The molecule has 21 heavy (non-hydrogen) atoms. The zero-order valence-corrected chi connectivity index (χ0v) is 13.4. The van der Waals surface area contributed by atoms with Crippen molar-refractivity contribution in [2.75, 3.05) is 24.5 Å². The van der Waals surface area contributed by atoms with Crippen molar-refractivity contribution < 1.29 is 4.79 Å². The fourth-order valence-electron chi connectivity index (χ4n) is 2.93. The Morgan fingerprint density at radius 3 is 2.86 bits per heavy atom. The van der Waals surface area contributed by atoms with Crippen molar-refractivity contribution in [1.82, 2.24) is 5.32 Å². The number of amides is 1. The summed E-state index contributed by atoms with van der Waals surface area (Å²) in [4.78, 5) is 13.9. The number of anilines is 1. The van der Waals surface area contributed by atoms with Crippen molar-refractivity contribution in [3.63, 3.8) is 0 Å². The van der Waals surface area contributed by atoms with E-state index in [1.165, 1.54) is 16.8 Å². The molecule has 116 valence electrons. The largest absolute Gasteiger partial charge is 0.370 e. The predicted molar refractivity (Wildman–Crippen MR) is 87.3 cm³/mol. The minimum atomic E-state index is -0.404. The Balaban J connectivity index is 2.18. The summed E-state index contributed by atoms with van der Waals surface area (Å²) in [5.41, 5.74) is 8.95. The molecule has 1 aliphatic heterocycles. The van der Waals surface area contributed by atoms with E-state index in [2.05, 4.69) is 42.3 Å². The van der Waals surface area contributed by atoms with Gasteiger partial charge in [-0.3, -0.25) is 4.79 Å². The van der Waals surface area contributed by atoms with Crippen LogP contribution in [0.5, 0.6) is 0 Å². The van der Waals surface area contributed by atoms with E-state index in [0.717, 1.165) is 32.5 Å². The van der Waals surface area contributed by atoms with Gasteiger partial charge in [-0.25, -0.2) is 0 Å². The standard InChI is InChI=1S/C17H27N3O/c1-4-8-19-11-14-10-13(2)5-6-15(14)20-9-7-17(3,12-20)16(18)21/h5-6,10,19H,4,7-9,11-12H2,1-3H3,(H2,18,21). The molecule has 3 N–H and O–H groups in total. The maximum absolute atomic E-state index is 11.6. The number of hydrogen-bond acceptors (Lipinski definition) is 3. The summed E-state index contributed by atoms with van der Waals surface area (Å²) in [6.07, 6.45) is 1.96. The first kappa shape index (κ1) is 15.8. The number of benzene rings is 1. The van der Waals surface area contributed by atoms with Crippen molar-refractivity contribution in [3.8, 4) is 0 Å². The lowest BCUT2D eigenvalue weighted by Gasteiger charge is -2.25. The van der Waals surface area contributed by atoms with Gasteiger partial charge in [-0.1, -0.05) is 24.6 Å². The van der Waals surface area contributed by atoms with Crippen LogP contribution in [-0.2, 0) is 11.3 Å².